The van der Waals surface area contributed by atoms with Crippen molar-refractivity contribution in [1.82, 2.24) is 10.3 Å². The highest BCUT2D eigenvalue weighted by Gasteiger charge is 2.29. The van der Waals surface area contributed by atoms with Crippen molar-refractivity contribution in [3.63, 3.8) is 0 Å². The van der Waals surface area contributed by atoms with Crippen molar-refractivity contribution < 1.29 is 0 Å². The summed E-state index contributed by atoms with van der Waals surface area (Å²) in [4.78, 5) is 7.05. The van der Waals surface area contributed by atoms with Crippen molar-refractivity contribution in [2.75, 3.05) is 18.5 Å². The van der Waals surface area contributed by atoms with Gasteiger partial charge in [0.1, 0.15) is 5.82 Å². The molecule has 3 heteroatoms. The van der Waals surface area contributed by atoms with Gasteiger partial charge in [0.25, 0.3) is 0 Å². The summed E-state index contributed by atoms with van der Waals surface area (Å²) in [6.07, 6.45) is 7.21. The Kier molecular flexibility index (Phi) is 5.26. The molecule has 1 aliphatic carbocycles. The lowest BCUT2D eigenvalue weighted by Crippen LogP contribution is -2.37. The number of anilines is 1. The van der Waals surface area contributed by atoms with Crippen LogP contribution in [0.4, 0.5) is 5.82 Å². The van der Waals surface area contributed by atoms with Crippen LogP contribution in [0, 0.1) is 5.41 Å². The Morgan fingerprint density at radius 2 is 2.00 bits per heavy atom. The monoisotopic (exact) mass is 289 g/mol. The van der Waals surface area contributed by atoms with E-state index in [1.807, 2.05) is 6.20 Å². The Hall–Kier alpha value is -1.09. The highest BCUT2D eigenvalue weighted by molar-refractivity contribution is 5.40. The van der Waals surface area contributed by atoms with Crippen molar-refractivity contribution in [2.24, 2.45) is 5.41 Å². The number of hydrogen-bond donors (Lipinski definition) is 1. The van der Waals surface area contributed by atoms with E-state index in [-0.39, 0.29) is 0 Å². The topological polar surface area (TPSA) is 28.2 Å². The van der Waals surface area contributed by atoms with E-state index in [0.29, 0.717) is 17.5 Å². The van der Waals surface area contributed by atoms with Crippen LogP contribution in [0.15, 0.2) is 18.3 Å². The summed E-state index contributed by atoms with van der Waals surface area (Å²) in [5.41, 5.74) is 1.79. The predicted octanol–water partition coefficient (Wildman–Crippen LogP) is 4.16. The SMILES string of the molecule is CCNC(C)c1ccc(N(C)C2CCC(C)(C)CC2)nc1. The van der Waals surface area contributed by atoms with Gasteiger partial charge >= 0.3 is 0 Å². The zero-order valence-corrected chi connectivity index (χ0v) is 14.3. The number of pyridine rings is 1. The minimum atomic E-state index is 0.373. The van der Waals surface area contributed by atoms with E-state index in [2.05, 4.69) is 62.1 Å². The molecular formula is C18H31N3. The van der Waals surface area contributed by atoms with Gasteiger partial charge in [0.2, 0.25) is 0 Å². The number of hydrogen-bond acceptors (Lipinski definition) is 3. The molecule has 1 saturated carbocycles. The standard InChI is InChI=1S/C18H31N3/c1-6-19-14(2)15-7-8-17(20-13-15)21(5)16-9-11-18(3,4)12-10-16/h7-8,13-14,16,19H,6,9-12H2,1-5H3. The Bertz CT molecular complexity index is 428. The number of rotatable bonds is 5. The van der Waals surface area contributed by atoms with Gasteiger partial charge in [-0.2, -0.15) is 0 Å². The van der Waals surface area contributed by atoms with E-state index in [0.717, 1.165) is 12.4 Å². The van der Waals surface area contributed by atoms with Gasteiger partial charge in [-0.05, 0) is 56.2 Å². The molecule has 1 aromatic rings. The molecule has 2 rings (SSSR count). The molecule has 21 heavy (non-hydrogen) atoms. The van der Waals surface area contributed by atoms with Gasteiger partial charge < -0.3 is 10.2 Å². The molecule has 1 unspecified atom stereocenters. The molecule has 0 saturated heterocycles. The van der Waals surface area contributed by atoms with Crippen molar-refractivity contribution in [1.29, 1.82) is 0 Å². The molecule has 0 bridgehead atoms. The summed E-state index contributed by atoms with van der Waals surface area (Å²) in [7, 11) is 2.19. The molecule has 0 aromatic carbocycles. The minimum Gasteiger partial charge on any atom is -0.357 e. The molecule has 1 aromatic heterocycles. The zero-order chi connectivity index (χ0) is 15.5. The van der Waals surface area contributed by atoms with Crippen LogP contribution >= 0.6 is 0 Å². The van der Waals surface area contributed by atoms with Gasteiger partial charge in [-0.25, -0.2) is 4.98 Å². The first-order chi connectivity index (χ1) is 9.93. The van der Waals surface area contributed by atoms with E-state index in [1.165, 1.54) is 31.2 Å². The summed E-state index contributed by atoms with van der Waals surface area (Å²) < 4.78 is 0. The maximum atomic E-state index is 4.68. The average molecular weight is 289 g/mol. The Balaban J connectivity index is 1.98. The van der Waals surface area contributed by atoms with Crippen LogP contribution in [-0.4, -0.2) is 24.6 Å². The second kappa shape index (κ2) is 6.78. The van der Waals surface area contributed by atoms with Gasteiger partial charge in [0, 0.05) is 25.3 Å². The Morgan fingerprint density at radius 3 is 2.52 bits per heavy atom. The van der Waals surface area contributed by atoms with Gasteiger partial charge in [-0.1, -0.05) is 26.8 Å². The number of nitrogens with one attached hydrogen (secondary N) is 1. The van der Waals surface area contributed by atoms with Crippen LogP contribution < -0.4 is 10.2 Å². The van der Waals surface area contributed by atoms with E-state index < -0.39 is 0 Å². The largest absolute Gasteiger partial charge is 0.357 e. The quantitative estimate of drug-likeness (QED) is 0.882. The predicted molar refractivity (Wildman–Crippen MR) is 90.8 cm³/mol. The molecular weight excluding hydrogens is 258 g/mol. The fourth-order valence-electron chi connectivity index (χ4n) is 3.24. The molecule has 1 atom stereocenters. The van der Waals surface area contributed by atoms with Gasteiger partial charge in [-0.3, -0.25) is 0 Å². The van der Waals surface area contributed by atoms with Crippen LogP contribution in [0.1, 0.15) is 65.0 Å². The molecule has 118 valence electrons. The van der Waals surface area contributed by atoms with Gasteiger partial charge in [0.05, 0.1) is 0 Å². The van der Waals surface area contributed by atoms with E-state index in [9.17, 15) is 0 Å². The van der Waals surface area contributed by atoms with Crippen LogP contribution in [0.5, 0.6) is 0 Å². The first-order valence-electron chi connectivity index (χ1n) is 8.35. The summed E-state index contributed by atoms with van der Waals surface area (Å²) in [6, 6.07) is 5.39. The third kappa shape index (κ3) is 4.19. The van der Waals surface area contributed by atoms with Gasteiger partial charge in [0.15, 0.2) is 0 Å². The molecule has 0 amide bonds. The lowest BCUT2D eigenvalue weighted by Gasteiger charge is -2.39. The molecule has 0 radical (unpaired) electrons. The van der Waals surface area contributed by atoms with Crippen LogP contribution in [0.2, 0.25) is 0 Å². The molecule has 1 N–H and O–H groups in total. The van der Waals surface area contributed by atoms with Crippen molar-refractivity contribution in [3.05, 3.63) is 23.9 Å². The molecule has 0 aliphatic heterocycles. The van der Waals surface area contributed by atoms with Crippen LogP contribution in [0.3, 0.4) is 0 Å². The molecule has 1 aliphatic rings. The maximum Gasteiger partial charge on any atom is 0.128 e. The lowest BCUT2D eigenvalue weighted by molar-refractivity contribution is 0.222. The highest BCUT2D eigenvalue weighted by atomic mass is 15.2. The lowest BCUT2D eigenvalue weighted by atomic mass is 9.75. The first kappa shape index (κ1) is 16.3. The summed E-state index contributed by atoms with van der Waals surface area (Å²) in [6.45, 7) is 10.1. The number of aromatic nitrogens is 1. The summed E-state index contributed by atoms with van der Waals surface area (Å²) >= 11 is 0. The van der Waals surface area contributed by atoms with E-state index in [1.54, 1.807) is 0 Å². The Labute approximate surface area is 130 Å². The fourth-order valence-corrected chi connectivity index (χ4v) is 3.24. The minimum absolute atomic E-state index is 0.373. The second-order valence-corrected chi connectivity index (χ2v) is 7.24. The Morgan fingerprint density at radius 1 is 1.33 bits per heavy atom. The highest BCUT2D eigenvalue weighted by Crippen LogP contribution is 2.37. The molecule has 1 heterocycles. The normalized spacial score (nSPS) is 20.2. The van der Waals surface area contributed by atoms with Crippen LogP contribution in [0.25, 0.3) is 0 Å². The van der Waals surface area contributed by atoms with Crippen molar-refractivity contribution in [2.45, 2.75) is 65.5 Å². The van der Waals surface area contributed by atoms with E-state index >= 15 is 0 Å². The summed E-state index contributed by atoms with van der Waals surface area (Å²) in [5, 5.41) is 3.43. The van der Waals surface area contributed by atoms with Crippen LogP contribution in [-0.2, 0) is 0 Å². The van der Waals surface area contributed by atoms with Crippen molar-refractivity contribution in [3.8, 4) is 0 Å². The molecule has 0 spiro atoms. The zero-order valence-electron chi connectivity index (χ0n) is 14.3. The third-order valence-electron chi connectivity index (χ3n) is 5.00. The maximum absolute atomic E-state index is 4.68. The molecule has 3 nitrogen and oxygen atoms in total. The summed E-state index contributed by atoms with van der Waals surface area (Å²) in [5.74, 6) is 1.10. The van der Waals surface area contributed by atoms with E-state index in [4.69, 9.17) is 0 Å². The first-order valence-corrected chi connectivity index (χ1v) is 8.35. The fraction of sp³-hybridized carbons (Fsp3) is 0.722. The smallest absolute Gasteiger partial charge is 0.128 e. The second-order valence-electron chi connectivity index (χ2n) is 7.24. The molecule has 1 fully saturated rings. The van der Waals surface area contributed by atoms with Gasteiger partial charge in [-0.15, -0.1) is 0 Å². The third-order valence-corrected chi connectivity index (χ3v) is 5.00. The average Bonchev–Trinajstić information content (AvgIpc) is 2.47. The van der Waals surface area contributed by atoms with Crippen molar-refractivity contribution >= 4 is 5.82 Å². The number of nitrogens with zero attached hydrogens (tertiary/aromatic N) is 2.